The topological polar surface area (TPSA) is 105 Å². The largest absolute Gasteiger partial charge is 0.497 e. The van der Waals surface area contributed by atoms with Crippen LogP contribution < -0.4 is 25.6 Å². The normalized spacial score (nSPS) is 12.3. The summed E-state index contributed by atoms with van der Waals surface area (Å²) in [6.07, 6.45) is 2.43. The van der Waals surface area contributed by atoms with Crippen LogP contribution in [0.25, 0.3) is 11.0 Å². The van der Waals surface area contributed by atoms with E-state index in [1.165, 1.54) is 0 Å². The second kappa shape index (κ2) is 10.4. The fourth-order valence-corrected chi connectivity index (χ4v) is 4.85. The monoisotopic (exact) mass is 520 g/mol. The molecule has 3 N–H and O–H groups in total. The highest BCUT2D eigenvalue weighted by molar-refractivity contribution is 6.00. The van der Waals surface area contributed by atoms with Gasteiger partial charge in [0.2, 0.25) is 5.95 Å². The van der Waals surface area contributed by atoms with Crippen molar-refractivity contribution in [1.29, 1.82) is 0 Å². The van der Waals surface area contributed by atoms with Gasteiger partial charge < -0.3 is 30.0 Å². The quantitative estimate of drug-likeness (QED) is 0.241. The summed E-state index contributed by atoms with van der Waals surface area (Å²) in [5.74, 6) is 2.58. The second-order valence-corrected chi connectivity index (χ2v) is 9.24. The van der Waals surface area contributed by atoms with Gasteiger partial charge in [0.15, 0.2) is 5.58 Å². The number of benzene rings is 3. The Morgan fingerprint density at radius 3 is 2.62 bits per heavy atom. The van der Waals surface area contributed by atoms with E-state index in [0.29, 0.717) is 29.6 Å². The Morgan fingerprint density at radius 2 is 1.79 bits per heavy atom. The van der Waals surface area contributed by atoms with Gasteiger partial charge in [-0.15, -0.1) is 0 Å². The van der Waals surface area contributed by atoms with Crippen molar-refractivity contribution in [2.45, 2.75) is 13.0 Å². The summed E-state index contributed by atoms with van der Waals surface area (Å²) >= 11 is 0. The number of methoxy groups -OCH3 is 1. The number of nitrogens with zero attached hydrogens (tertiary/aromatic N) is 3. The van der Waals surface area contributed by atoms with E-state index in [4.69, 9.17) is 19.1 Å². The van der Waals surface area contributed by atoms with Gasteiger partial charge in [-0.2, -0.15) is 9.97 Å². The number of para-hydroxylation sites is 2. The van der Waals surface area contributed by atoms with Crippen molar-refractivity contribution < 1.29 is 13.9 Å². The molecule has 3 aromatic carbocycles. The van der Waals surface area contributed by atoms with Crippen LogP contribution in [0.1, 0.15) is 21.5 Å². The van der Waals surface area contributed by atoms with Gasteiger partial charge in [0.25, 0.3) is 5.91 Å². The third-order valence-electron chi connectivity index (χ3n) is 6.83. The van der Waals surface area contributed by atoms with Crippen LogP contribution in [0.5, 0.6) is 5.75 Å². The van der Waals surface area contributed by atoms with Crippen molar-refractivity contribution in [3.8, 4) is 5.75 Å². The molecule has 9 heteroatoms. The van der Waals surface area contributed by atoms with E-state index in [2.05, 4.69) is 33.0 Å². The average molecular weight is 521 g/mol. The molecule has 3 heterocycles. The van der Waals surface area contributed by atoms with Crippen molar-refractivity contribution in [2.75, 3.05) is 36.2 Å². The lowest BCUT2D eigenvalue weighted by molar-refractivity contribution is 0.0964. The molecule has 5 aromatic rings. The third-order valence-corrected chi connectivity index (χ3v) is 6.83. The number of aromatic nitrogens is 2. The number of hydrogen-bond acceptors (Lipinski definition) is 8. The third kappa shape index (κ3) is 4.82. The van der Waals surface area contributed by atoms with Crippen molar-refractivity contribution in [3.63, 3.8) is 0 Å². The van der Waals surface area contributed by atoms with Crippen molar-refractivity contribution in [1.82, 2.24) is 15.3 Å². The van der Waals surface area contributed by atoms with Gasteiger partial charge in [0, 0.05) is 31.1 Å². The molecule has 6 rings (SSSR count). The highest BCUT2D eigenvalue weighted by Gasteiger charge is 2.27. The molecule has 196 valence electrons. The first-order chi connectivity index (χ1) is 19.1. The zero-order valence-corrected chi connectivity index (χ0v) is 21.7. The SMILES string of the molecule is CNC(=O)c1ccccc1Nc1nc(Nc2cccc3ccoc23)nc2c1CCN2Cc1ccc(OC)cc1. The zero-order valence-electron chi connectivity index (χ0n) is 21.7. The summed E-state index contributed by atoms with van der Waals surface area (Å²) in [7, 11) is 3.28. The molecule has 0 bridgehead atoms. The summed E-state index contributed by atoms with van der Waals surface area (Å²) in [6.45, 7) is 1.48. The van der Waals surface area contributed by atoms with Gasteiger partial charge in [-0.3, -0.25) is 4.79 Å². The minimum absolute atomic E-state index is 0.173. The zero-order chi connectivity index (χ0) is 26.8. The molecule has 0 atom stereocenters. The Bertz CT molecular complexity index is 1650. The van der Waals surface area contributed by atoms with Crippen LogP contribution >= 0.6 is 0 Å². The summed E-state index contributed by atoms with van der Waals surface area (Å²) in [6, 6.07) is 23.3. The molecular formula is C30H28N6O3. The smallest absolute Gasteiger partial charge is 0.253 e. The number of rotatable bonds is 8. The molecule has 1 aliphatic rings. The molecule has 0 saturated carbocycles. The molecule has 1 aliphatic heterocycles. The number of carbonyl (C=O) groups is 1. The molecule has 0 spiro atoms. The maximum Gasteiger partial charge on any atom is 0.253 e. The maximum absolute atomic E-state index is 12.5. The Labute approximate surface area is 225 Å². The first-order valence-electron chi connectivity index (χ1n) is 12.7. The van der Waals surface area contributed by atoms with Gasteiger partial charge in [0.1, 0.15) is 17.4 Å². The summed E-state index contributed by atoms with van der Waals surface area (Å²) in [5.41, 5.74) is 4.86. The Hall–Kier alpha value is -5.05. The predicted octanol–water partition coefficient (Wildman–Crippen LogP) is 5.64. The van der Waals surface area contributed by atoms with E-state index in [9.17, 15) is 4.79 Å². The first kappa shape index (κ1) is 24.3. The van der Waals surface area contributed by atoms with Crippen molar-refractivity contribution >= 4 is 45.8 Å². The highest BCUT2D eigenvalue weighted by atomic mass is 16.5. The minimum atomic E-state index is -0.173. The number of carbonyl (C=O) groups excluding carboxylic acids is 1. The first-order valence-corrected chi connectivity index (χ1v) is 12.7. The number of amides is 1. The molecule has 2 aromatic heterocycles. The van der Waals surface area contributed by atoms with E-state index in [0.717, 1.165) is 52.3 Å². The number of furan rings is 1. The Kier molecular flexibility index (Phi) is 6.46. The fraction of sp³-hybridized carbons (Fsp3) is 0.167. The van der Waals surface area contributed by atoms with E-state index in [-0.39, 0.29) is 5.91 Å². The van der Waals surface area contributed by atoms with Crippen LogP contribution in [0.4, 0.5) is 29.0 Å². The molecule has 0 aliphatic carbocycles. The lowest BCUT2D eigenvalue weighted by atomic mass is 10.1. The highest BCUT2D eigenvalue weighted by Crippen LogP contribution is 2.36. The molecule has 0 unspecified atom stereocenters. The Balaban J connectivity index is 1.40. The summed E-state index contributed by atoms with van der Waals surface area (Å²) in [5, 5.41) is 10.5. The summed E-state index contributed by atoms with van der Waals surface area (Å²) < 4.78 is 11.0. The summed E-state index contributed by atoms with van der Waals surface area (Å²) in [4.78, 5) is 24.6. The molecule has 0 saturated heterocycles. The molecular weight excluding hydrogens is 492 g/mol. The number of ether oxygens (including phenoxy) is 1. The van der Waals surface area contributed by atoms with Crippen LogP contribution in [0.2, 0.25) is 0 Å². The van der Waals surface area contributed by atoms with Gasteiger partial charge >= 0.3 is 0 Å². The molecule has 0 radical (unpaired) electrons. The molecule has 9 nitrogen and oxygen atoms in total. The maximum atomic E-state index is 12.5. The lowest BCUT2D eigenvalue weighted by Crippen LogP contribution is -2.21. The van der Waals surface area contributed by atoms with Crippen LogP contribution in [-0.4, -0.2) is 36.6 Å². The van der Waals surface area contributed by atoms with Gasteiger partial charge in [-0.25, -0.2) is 0 Å². The van der Waals surface area contributed by atoms with Crippen molar-refractivity contribution in [2.24, 2.45) is 0 Å². The number of hydrogen-bond donors (Lipinski definition) is 3. The molecule has 0 fully saturated rings. The number of fused-ring (bicyclic) bond motifs is 2. The van der Waals surface area contributed by atoms with Crippen molar-refractivity contribution in [3.05, 3.63) is 95.7 Å². The van der Waals surface area contributed by atoms with E-state index >= 15 is 0 Å². The minimum Gasteiger partial charge on any atom is -0.497 e. The number of anilines is 5. The lowest BCUT2D eigenvalue weighted by Gasteiger charge is -2.20. The van der Waals surface area contributed by atoms with E-state index in [1.807, 2.05) is 54.6 Å². The average Bonchev–Trinajstić information content (AvgIpc) is 3.61. The Morgan fingerprint density at radius 1 is 0.974 bits per heavy atom. The van der Waals surface area contributed by atoms with Gasteiger partial charge in [0.05, 0.1) is 30.3 Å². The van der Waals surface area contributed by atoms with Crippen LogP contribution in [0, 0.1) is 0 Å². The number of nitrogens with one attached hydrogen (secondary N) is 3. The van der Waals surface area contributed by atoms with Crippen LogP contribution in [0.3, 0.4) is 0 Å². The fourth-order valence-electron chi connectivity index (χ4n) is 4.85. The predicted molar refractivity (Wildman–Crippen MR) is 152 cm³/mol. The van der Waals surface area contributed by atoms with E-state index < -0.39 is 0 Å². The van der Waals surface area contributed by atoms with E-state index in [1.54, 1.807) is 26.5 Å². The van der Waals surface area contributed by atoms with Crippen LogP contribution in [0.15, 0.2) is 83.5 Å². The van der Waals surface area contributed by atoms with Gasteiger partial charge in [-0.05, 0) is 48.4 Å². The standard InChI is InChI=1S/C30H28N6O3/c1-31-29(37)22-7-3-4-8-24(22)32-27-23-14-16-36(18-19-10-12-21(38-2)13-11-19)28(23)35-30(34-27)33-25-9-5-6-20-15-17-39-26(20)25/h3-13,15,17H,14,16,18H2,1-2H3,(H,31,37)(H2,32,33,34,35). The second-order valence-electron chi connectivity index (χ2n) is 9.24. The molecule has 39 heavy (non-hydrogen) atoms. The molecule has 1 amide bonds. The van der Waals surface area contributed by atoms with Crippen LogP contribution in [-0.2, 0) is 13.0 Å². The van der Waals surface area contributed by atoms with Gasteiger partial charge in [-0.1, -0.05) is 36.4 Å².